The Labute approximate surface area is 137 Å². The van der Waals surface area contributed by atoms with Gasteiger partial charge in [0.2, 0.25) is 11.8 Å². The van der Waals surface area contributed by atoms with Gasteiger partial charge in [0, 0.05) is 28.6 Å². The molecule has 6 heteroatoms. The molecule has 1 fully saturated rings. The lowest BCUT2D eigenvalue weighted by Gasteiger charge is -2.16. The number of halogens is 1. The van der Waals surface area contributed by atoms with Crippen LogP contribution < -0.4 is 10.2 Å². The third kappa shape index (κ3) is 3.31. The molecule has 1 aromatic carbocycles. The molecule has 0 bridgehead atoms. The minimum atomic E-state index is -0.303. The fraction of sp³-hybridized carbons (Fsp3) is 0.250. The van der Waals surface area contributed by atoms with Crippen LogP contribution in [0.2, 0.25) is 5.02 Å². The summed E-state index contributed by atoms with van der Waals surface area (Å²) in [5.74, 6) is -0.403. The van der Waals surface area contributed by atoms with Crippen LogP contribution in [-0.4, -0.2) is 18.4 Å². The molecule has 0 aliphatic carbocycles. The van der Waals surface area contributed by atoms with E-state index in [0.29, 0.717) is 18.1 Å². The quantitative estimate of drug-likeness (QED) is 0.934. The van der Waals surface area contributed by atoms with E-state index >= 15 is 0 Å². The van der Waals surface area contributed by atoms with E-state index in [1.807, 2.05) is 17.5 Å². The normalized spacial score (nSPS) is 17.8. The summed E-state index contributed by atoms with van der Waals surface area (Å²) < 4.78 is 0. The Morgan fingerprint density at radius 1 is 1.32 bits per heavy atom. The van der Waals surface area contributed by atoms with Gasteiger partial charge in [-0.3, -0.25) is 9.59 Å². The first-order chi connectivity index (χ1) is 10.6. The number of hydrogen-bond donors (Lipinski definition) is 1. The van der Waals surface area contributed by atoms with Crippen LogP contribution >= 0.6 is 22.9 Å². The molecular formula is C16H15ClN2O2S. The average Bonchev–Trinajstić information content (AvgIpc) is 3.15. The van der Waals surface area contributed by atoms with Gasteiger partial charge in [0.05, 0.1) is 12.5 Å². The third-order valence-corrected chi connectivity index (χ3v) is 4.78. The van der Waals surface area contributed by atoms with E-state index in [1.54, 1.807) is 40.5 Å². The molecule has 0 unspecified atom stereocenters. The van der Waals surface area contributed by atoms with Crippen molar-refractivity contribution in [3.63, 3.8) is 0 Å². The molecule has 1 aliphatic heterocycles. The SMILES string of the molecule is O=C(NCc1cccs1)[C@@H]1CC(=O)N(c2ccc(Cl)cc2)C1. The number of carbonyl (C=O) groups is 2. The van der Waals surface area contributed by atoms with E-state index in [1.165, 1.54) is 0 Å². The summed E-state index contributed by atoms with van der Waals surface area (Å²) in [6, 6.07) is 11.0. The van der Waals surface area contributed by atoms with Crippen molar-refractivity contribution in [1.29, 1.82) is 0 Å². The first-order valence-corrected chi connectivity index (χ1v) is 8.25. The topological polar surface area (TPSA) is 49.4 Å². The first kappa shape index (κ1) is 15.1. The highest BCUT2D eigenvalue weighted by Crippen LogP contribution is 2.26. The smallest absolute Gasteiger partial charge is 0.227 e. The van der Waals surface area contributed by atoms with E-state index in [2.05, 4.69) is 5.32 Å². The van der Waals surface area contributed by atoms with Crippen LogP contribution in [0.4, 0.5) is 5.69 Å². The molecule has 0 spiro atoms. The molecule has 4 nitrogen and oxygen atoms in total. The molecule has 2 amide bonds. The number of anilines is 1. The Kier molecular flexibility index (Phi) is 4.45. The van der Waals surface area contributed by atoms with Crippen LogP contribution in [0.3, 0.4) is 0 Å². The maximum absolute atomic E-state index is 12.2. The molecule has 0 saturated carbocycles. The van der Waals surface area contributed by atoms with Gasteiger partial charge < -0.3 is 10.2 Å². The number of benzene rings is 1. The highest BCUT2D eigenvalue weighted by Gasteiger charge is 2.34. The van der Waals surface area contributed by atoms with Crippen molar-refractivity contribution in [3.05, 3.63) is 51.7 Å². The van der Waals surface area contributed by atoms with Gasteiger partial charge in [0.15, 0.2) is 0 Å². The number of nitrogens with zero attached hydrogens (tertiary/aromatic N) is 1. The fourth-order valence-corrected chi connectivity index (χ4v) is 3.26. The predicted molar refractivity (Wildman–Crippen MR) is 88.1 cm³/mol. The second kappa shape index (κ2) is 6.50. The van der Waals surface area contributed by atoms with Crippen LogP contribution in [0.15, 0.2) is 41.8 Å². The summed E-state index contributed by atoms with van der Waals surface area (Å²) in [4.78, 5) is 27.1. The maximum Gasteiger partial charge on any atom is 0.227 e. The molecule has 0 radical (unpaired) electrons. The summed E-state index contributed by atoms with van der Waals surface area (Å²) in [6.07, 6.45) is 0.249. The van der Waals surface area contributed by atoms with Gasteiger partial charge in [0.25, 0.3) is 0 Å². The molecule has 1 N–H and O–H groups in total. The number of thiophene rings is 1. The Morgan fingerprint density at radius 3 is 2.77 bits per heavy atom. The summed E-state index contributed by atoms with van der Waals surface area (Å²) in [6.45, 7) is 0.929. The number of carbonyl (C=O) groups excluding carboxylic acids is 2. The summed E-state index contributed by atoms with van der Waals surface area (Å²) in [5, 5.41) is 5.50. The molecule has 1 atom stereocenters. The molecule has 114 valence electrons. The van der Waals surface area contributed by atoms with E-state index in [4.69, 9.17) is 11.6 Å². The van der Waals surface area contributed by atoms with Crippen LogP contribution in [0, 0.1) is 5.92 Å². The predicted octanol–water partition coefficient (Wildman–Crippen LogP) is 3.07. The van der Waals surface area contributed by atoms with Gasteiger partial charge in [-0.1, -0.05) is 17.7 Å². The summed E-state index contributed by atoms with van der Waals surface area (Å²) in [5.41, 5.74) is 0.781. The molecule has 1 aromatic heterocycles. The second-order valence-electron chi connectivity index (χ2n) is 5.18. The summed E-state index contributed by atoms with van der Waals surface area (Å²) >= 11 is 7.46. The Balaban J connectivity index is 1.61. The Bertz CT molecular complexity index is 670. The second-order valence-corrected chi connectivity index (χ2v) is 6.65. The van der Waals surface area contributed by atoms with Crippen LogP contribution in [0.25, 0.3) is 0 Å². The minimum Gasteiger partial charge on any atom is -0.351 e. The van der Waals surface area contributed by atoms with Crippen LogP contribution in [0.1, 0.15) is 11.3 Å². The average molecular weight is 335 g/mol. The van der Waals surface area contributed by atoms with Gasteiger partial charge >= 0.3 is 0 Å². The zero-order valence-electron chi connectivity index (χ0n) is 11.8. The van der Waals surface area contributed by atoms with E-state index in [-0.39, 0.29) is 24.2 Å². The van der Waals surface area contributed by atoms with Crippen molar-refractivity contribution in [2.45, 2.75) is 13.0 Å². The van der Waals surface area contributed by atoms with Gasteiger partial charge in [-0.25, -0.2) is 0 Å². The van der Waals surface area contributed by atoms with E-state index in [9.17, 15) is 9.59 Å². The van der Waals surface area contributed by atoms with Crippen LogP contribution in [0.5, 0.6) is 0 Å². The van der Waals surface area contributed by atoms with E-state index < -0.39 is 0 Å². The highest BCUT2D eigenvalue weighted by molar-refractivity contribution is 7.09. The molecule has 22 heavy (non-hydrogen) atoms. The van der Waals surface area contributed by atoms with Crippen molar-refractivity contribution in [1.82, 2.24) is 5.32 Å². The molecule has 2 aromatic rings. The fourth-order valence-electron chi connectivity index (χ4n) is 2.49. The monoisotopic (exact) mass is 334 g/mol. The van der Waals surface area contributed by atoms with Crippen LogP contribution in [-0.2, 0) is 16.1 Å². The standard InChI is InChI=1S/C16H15ClN2O2S/c17-12-3-5-13(6-4-12)19-10-11(8-15(19)20)16(21)18-9-14-2-1-7-22-14/h1-7,11H,8-10H2,(H,18,21)/t11-/m1/s1. The zero-order valence-corrected chi connectivity index (χ0v) is 13.4. The lowest BCUT2D eigenvalue weighted by molar-refractivity contribution is -0.126. The van der Waals surface area contributed by atoms with Crippen molar-refractivity contribution in [2.75, 3.05) is 11.4 Å². The maximum atomic E-state index is 12.2. The number of hydrogen-bond acceptors (Lipinski definition) is 3. The van der Waals surface area contributed by atoms with Crippen molar-refractivity contribution in [2.24, 2.45) is 5.92 Å². The molecule has 1 aliphatic rings. The Hall–Kier alpha value is -1.85. The number of rotatable bonds is 4. The zero-order chi connectivity index (χ0) is 15.5. The largest absolute Gasteiger partial charge is 0.351 e. The lowest BCUT2D eigenvalue weighted by Crippen LogP contribution is -2.32. The van der Waals surface area contributed by atoms with Gasteiger partial charge in [0.1, 0.15) is 0 Å². The summed E-state index contributed by atoms with van der Waals surface area (Å²) in [7, 11) is 0. The van der Waals surface area contributed by atoms with Crippen molar-refractivity contribution >= 4 is 40.4 Å². The third-order valence-electron chi connectivity index (χ3n) is 3.65. The van der Waals surface area contributed by atoms with Crippen molar-refractivity contribution < 1.29 is 9.59 Å². The van der Waals surface area contributed by atoms with Gasteiger partial charge in [-0.15, -0.1) is 11.3 Å². The molecule has 2 heterocycles. The Morgan fingerprint density at radius 2 is 2.09 bits per heavy atom. The highest BCUT2D eigenvalue weighted by atomic mass is 35.5. The number of amides is 2. The number of nitrogens with one attached hydrogen (secondary N) is 1. The minimum absolute atomic E-state index is 0.0291. The van der Waals surface area contributed by atoms with Gasteiger partial charge in [-0.2, -0.15) is 0 Å². The molecular weight excluding hydrogens is 320 g/mol. The van der Waals surface area contributed by atoms with E-state index in [0.717, 1.165) is 10.6 Å². The van der Waals surface area contributed by atoms with Crippen molar-refractivity contribution in [3.8, 4) is 0 Å². The lowest BCUT2D eigenvalue weighted by atomic mass is 10.1. The molecule has 1 saturated heterocycles. The first-order valence-electron chi connectivity index (χ1n) is 6.99. The molecule has 3 rings (SSSR count). The van der Waals surface area contributed by atoms with Gasteiger partial charge in [-0.05, 0) is 35.7 Å².